The van der Waals surface area contributed by atoms with Gasteiger partial charge in [0.05, 0.1) is 5.69 Å². The summed E-state index contributed by atoms with van der Waals surface area (Å²) in [6.07, 6.45) is 3.88. The third kappa shape index (κ3) is 4.65. The summed E-state index contributed by atoms with van der Waals surface area (Å²) in [5, 5.41) is 9.11. The minimum absolute atomic E-state index is 0.00989. The van der Waals surface area contributed by atoms with E-state index in [0.717, 1.165) is 33.3 Å². The first-order valence-corrected chi connectivity index (χ1v) is 9.86. The molecule has 3 aromatic rings. The molecule has 2 N–H and O–H groups in total. The molecule has 1 aliphatic rings. The molecule has 8 heteroatoms. The topological polar surface area (TPSA) is 85.4 Å². The summed E-state index contributed by atoms with van der Waals surface area (Å²) >= 11 is 1.59. The molecular weight excluding hydrogens is 376 g/mol. The summed E-state index contributed by atoms with van der Waals surface area (Å²) in [4.78, 5) is 20.6. The molecule has 0 radical (unpaired) electrons. The van der Waals surface area contributed by atoms with Gasteiger partial charge < -0.3 is 20.1 Å². The van der Waals surface area contributed by atoms with E-state index in [0.29, 0.717) is 26.1 Å². The highest BCUT2D eigenvalue weighted by Crippen LogP contribution is 2.36. The number of carbonyl (C=O) groups excluding carboxylic acids is 1. The van der Waals surface area contributed by atoms with Crippen molar-refractivity contribution in [2.24, 2.45) is 0 Å². The molecule has 0 aliphatic carbocycles. The Morgan fingerprint density at radius 1 is 1.18 bits per heavy atom. The molecule has 3 heterocycles. The van der Waals surface area contributed by atoms with E-state index in [1.54, 1.807) is 23.7 Å². The zero-order chi connectivity index (χ0) is 19.2. The Labute approximate surface area is 166 Å². The molecule has 144 valence electrons. The molecule has 28 heavy (non-hydrogen) atoms. The van der Waals surface area contributed by atoms with Crippen LogP contribution in [-0.2, 0) is 17.9 Å². The van der Waals surface area contributed by atoms with E-state index in [2.05, 4.69) is 20.6 Å². The lowest BCUT2D eigenvalue weighted by Gasteiger charge is -2.05. The molecule has 0 atom stereocenters. The van der Waals surface area contributed by atoms with E-state index in [-0.39, 0.29) is 12.7 Å². The van der Waals surface area contributed by atoms with E-state index in [4.69, 9.17) is 9.47 Å². The maximum atomic E-state index is 11.9. The van der Waals surface area contributed by atoms with E-state index in [1.807, 2.05) is 35.7 Å². The number of hydrogen-bond acceptors (Lipinski definition) is 7. The maximum Gasteiger partial charge on any atom is 0.231 e. The van der Waals surface area contributed by atoms with Crippen LogP contribution in [0.4, 0.5) is 0 Å². The molecule has 1 aliphatic heterocycles. The SMILES string of the molecule is O=C(CCNCc1csc(-c2ccc3c(c2)OCO3)n1)NCc1cccnc1. The standard InChI is InChI=1S/C20H20N4O3S/c25-19(23-10-14-2-1-6-21-9-14)5-7-22-11-16-12-28-20(24-16)15-3-4-17-18(8-15)27-13-26-17/h1-4,6,8-9,12,22H,5,7,10-11,13H2,(H,23,25). The van der Waals surface area contributed by atoms with Crippen molar-refractivity contribution in [2.75, 3.05) is 13.3 Å². The lowest BCUT2D eigenvalue weighted by atomic mass is 10.2. The molecule has 4 rings (SSSR count). The van der Waals surface area contributed by atoms with Gasteiger partial charge in [0.1, 0.15) is 5.01 Å². The van der Waals surface area contributed by atoms with Crippen molar-refractivity contribution in [1.82, 2.24) is 20.6 Å². The van der Waals surface area contributed by atoms with E-state index in [9.17, 15) is 4.79 Å². The third-order valence-electron chi connectivity index (χ3n) is 4.22. The predicted octanol–water partition coefficient (Wildman–Crippen LogP) is 2.73. The van der Waals surface area contributed by atoms with Gasteiger partial charge in [-0.3, -0.25) is 9.78 Å². The third-order valence-corrected chi connectivity index (χ3v) is 5.16. The van der Waals surface area contributed by atoms with Crippen LogP contribution in [0.2, 0.25) is 0 Å². The van der Waals surface area contributed by atoms with Crippen LogP contribution in [0, 0.1) is 0 Å². The largest absolute Gasteiger partial charge is 0.454 e. The number of rotatable bonds is 8. The first-order chi connectivity index (χ1) is 13.8. The molecule has 0 unspecified atom stereocenters. The molecule has 0 bridgehead atoms. The van der Waals surface area contributed by atoms with Gasteiger partial charge in [0.25, 0.3) is 0 Å². The first kappa shape index (κ1) is 18.4. The Bertz CT molecular complexity index is 946. The monoisotopic (exact) mass is 396 g/mol. The molecule has 0 saturated heterocycles. The van der Waals surface area contributed by atoms with Crippen LogP contribution in [0.15, 0.2) is 48.1 Å². The fourth-order valence-corrected chi connectivity index (χ4v) is 3.58. The van der Waals surface area contributed by atoms with Gasteiger partial charge in [0.2, 0.25) is 12.7 Å². The number of nitrogens with zero attached hydrogens (tertiary/aromatic N) is 2. The second-order valence-corrected chi connectivity index (χ2v) is 7.13. The molecule has 2 aromatic heterocycles. The molecular formula is C20H20N4O3S. The number of hydrogen-bond donors (Lipinski definition) is 2. The molecule has 0 saturated carbocycles. The lowest BCUT2D eigenvalue weighted by molar-refractivity contribution is -0.121. The Morgan fingerprint density at radius 3 is 3.00 bits per heavy atom. The number of nitrogens with one attached hydrogen (secondary N) is 2. The molecule has 7 nitrogen and oxygen atoms in total. The van der Waals surface area contributed by atoms with Crippen molar-refractivity contribution in [3.63, 3.8) is 0 Å². The zero-order valence-electron chi connectivity index (χ0n) is 15.2. The fraction of sp³-hybridized carbons (Fsp3) is 0.250. The Balaban J connectivity index is 1.20. The van der Waals surface area contributed by atoms with Crippen LogP contribution in [0.25, 0.3) is 10.6 Å². The van der Waals surface area contributed by atoms with Gasteiger partial charge in [0.15, 0.2) is 11.5 Å². The highest BCUT2D eigenvalue weighted by molar-refractivity contribution is 7.13. The number of aromatic nitrogens is 2. The summed E-state index contributed by atoms with van der Waals surface area (Å²) in [5.41, 5.74) is 2.95. The van der Waals surface area contributed by atoms with Gasteiger partial charge in [-0.25, -0.2) is 4.98 Å². The molecule has 0 fully saturated rings. The number of thiazole rings is 1. The quantitative estimate of drug-likeness (QED) is 0.570. The van der Waals surface area contributed by atoms with Gasteiger partial charge >= 0.3 is 0 Å². The molecule has 0 spiro atoms. The minimum atomic E-state index is 0.00989. The second kappa shape index (κ2) is 8.81. The van der Waals surface area contributed by atoms with Crippen molar-refractivity contribution in [2.45, 2.75) is 19.5 Å². The number of ether oxygens (including phenoxy) is 2. The van der Waals surface area contributed by atoms with Crippen LogP contribution in [0.1, 0.15) is 17.7 Å². The van der Waals surface area contributed by atoms with Gasteiger partial charge in [-0.05, 0) is 29.8 Å². The number of fused-ring (bicyclic) bond motifs is 1. The zero-order valence-corrected chi connectivity index (χ0v) is 16.0. The molecule has 1 aromatic carbocycles. The van der Waals surface area contributed by atoms with Gasteiger partial charge in [-0.1, -0.05) is 6.07 Å². The number of pyridine rings is 1. The fourth-order valence-electron chi connectivity index (χ4n) is 2.76. The van der Waals surface area contributed by atoms with Crippen LogP contribution in [0.5, 0.6) is 11.5 Å². The van der Waals surface area contributed by atoms with Crippen LogP contribution < -0.4 is 20.1 Å². The Morgan fingerprint density at radius 2 is 2.11 bits per heavy atom. The highest BCUT2D eigenvalue weighted by atomic mass is 32.1. The van der Waals surface area contributed by atoms with Crippen LogP contribution in [-0.4, -0.2) is 29.2 Å². The summed E-state index contributed by atoms with van der Waals surface area (Å²) in [7, 11) is 0. The van der Waals surface area contributed by atoms with E-state index in [1.165, 1.54) is 0 Å². The van der Waals surface area contributed by atoms with Gasteiger partial charge in [-0.15, -0.1) is 11.3 Å². The van der Waals surface area contributed by atoms with Crippen molar-refractivity contribution < 1.29 is 14.3 Å². The van der Waals surface area contributed by atoms with Crippen molar-refractivity contribution in [1.29, 1.82) is 0 Å². The number of benzene rings is 1. The van der Waals surface area contributed by atoms with Gasteiger partial charge in [-0.2, -0.15) is 0 Å². The number of amides is 1. The predicted molar refractivity (Wildman–Crippen MR) is 106 cm³/mol. The average Bonchev–Trinajstić information content (AvgIpc) is 3.39. The van der Waals surface area contributed by atoms with Crippen LogP contribution >= 0.6 is 11.3 Å². The smallest absolute Gasteiger partial charge is 0.231 e. The average molecular weight is 396 g/mol. The maximum absolute atomic E-state index is 11.9. The van der Waals surface area contributed by atoms with Crippen molar-refractivity contribution in [3.05, 3.63) is 59.4 Å². The normalized spacial score (nSPS) is 12.1. The van der Waals surface area contributed by atoms with Crippen molar-refractivity contribution >= 4 is 17.2 Å². The summed E-state index contributed by atoms with van der Waals surface area (Å²) in [6, 6.07) is 9.63. The first-order valence-electron chi connectivity index (χ1n) is 8.99. The van der Waals surface area contributed by atoms with E-state index < -0.39 is 0 Å². The number of carbonyl (C=O) groups is 1. The van der Waals surface area contributed by atoms with E-state index >= 15 is 0 Å². The van der Waals surface area contributed by atoms with Crippen molar-refractivity contribution in [3.8, 4) is 22.1 Å². The Hall–Kier alpha value is -2.97. The minimum Gasteiger partial charge on any atom is -0.454 e. The Kier molecular flexibility index (Phi) is 5.79. The molecule has 1 amide bonds. The highest BCUT2D eigenvalue weighted by Gasteiger charge is 2.15. The van der Waals surface area contributed by atoms with Crippen LogP contribution in [0.3, 0.4) is 0 Å². The van der Waals surface area contributed by atoms with Gasteiger partial charge in [0, 0.05) is 49.4 Å². The summed E-state index contributed by atoms with van der Waals surface area (Å²) in [6.45, 7) is 1.98. The summed E-state index contributed by atoms with van der Waals surface area (Å²) < 4.78 is 10.8. The second-order valence-electron chi connectivity index (χ2n) is 6.28. The summed E-state index contributed by atoms with van der Waals surface area (Å²) in [5.74, 6) is 1.53. The lowest BCUT2D eigenvalue weighted by Crippen LogP contribution is -2.27.